The van der Waals surface area contributed by atoms with Crippen molar-refractivity contribution in [2.45, 2.75) is 111 Å². The van der Waals surface area contributed by atoms with Crippen molar-refractivity contribution in [2.75, 3.05) is 0 Å². The summed E-state index contributed by atoms with van der Waals surface area (Å²) in [7, 11) is 0. The summed E-state index contributed by atoms with van der Waals surface area (Å²) in [4.78, 5) is 38.7. The standard InChI is InChI=1S/C31H48N2O5/c1-19(2)33-31(37)26-12-9-11-25(26)28-13-8-7-10-24(18-32)30(36)23(6)16-21(4)14-20(3)15-22(5)27(34)17-29(35)38-28/h7-8,10,19-23,25-26,28,30,36H,9,11-17H2,1-6H3,(H,33,37)/b8-7+,24-10+. The molecule has 2 rings (SSSR count). The molecule has 1 aliphatic heterocycles. The molecule has 1 fully saturated rings. The molecule has 1 saturated carbocycles. The third kappa shape index (κ3) is 9.69. The van der Waals surface area contributed by atoms with Crippen LogP contribution in [0, 0.1) is 46.8 Å². The molecule has 0 aromatic heterocycles. The fourth-order valence-corrected chi connectivity index (χ4v) is 6.26. The molecule has 0 saturated heterocycles. The van der Waals surface area contributed by atoms with Crippen LogP contribution in [0.4, 0.5) is 0 Å². The Morgan fingerprint density at radius 3 is 2.45 bits per heavy atom. The third-order valence-corrected chi connectivity index (χ3v) is 8.07. The monoisotopic (exact) mass is 528 g/mol. The Morgan fingerprint density at radius 2 is 1.79 bits per heavy atom. The first-order chi connectivity index (χ1) is 17.9. The lowest BCUT2D eigenvalue weighted by molar-refractivity contribution is -0.156. The minimum Gasteiger partial charge on any atom is -0.461 e. The molecule has 0 radical (unpaired) electrons. The highest BCUT2D eigenvalue weighted by atomic mass is 16.5. The quantitative estimate of drug-likeness (QED) is 0.380. The Balaban J connectivity index is 2.33. The first-order valence-electron chi connectivity index (χ1n) is 14.4. The summed E-state index contributed by atoms with van der Waals surface area (Å²) in [5.41, 5.74) is 0.304. The summed E-state index contributed by atoms with van der Waals surface area (Å²) in [6.45, 7) is 11.9. The van der Waals surface area contributed by atoms with Crippen LogP contribution in [-0.4, -0.2) is 41.0 Å². The summed E-state index contributed by atoms with van der Waals surface area (Å²) in [5, 5.41) is 23.5. The van der Waals surface area contributed by atoms with Gasteiger partial charge in [-0.2, -0.15) is 5.26 Å². The van der Waals surface area contributed by atoms with Gasteiger partial charge in [-0.3, -0.25) is 14.4 Å². The fraction of sp³-hybridized carbons (Fsp3) is 0.742. The molecule has 38 heavy (non-hydrogen) atoms. The normalized spacial score (nSPS) is 36.8. The van der Waals surface area contributed by atoms with Crippen molar-refractivity contribution >= 4 is 17.7 Å². The van der Waals surface area contributed by atoms with Crippen molar-refractivity contribution < 1.29 is 24.2 Å². The van der Waals surface area contributed by atoms with Crippen LogP contribution in [0.2, 0.25) is 0 Å². The zero-order valence-electron chi connectivity index (χ0n) is 24.1. The van der Waals surface area contributed by atoms with E-state index in [1.807, 2.05) is 33.8 Å². The van der Waals surface area contributed by atoms with Gasteiger partial charge in [0.1, 0.15) is 18.3 Å². The summed E-state index contributed by atoms with van der Waals surface area (Å²) >= 11 is 0. The number of nitriles is 1. The van der Waals surface area contributed by atoms with Crippen LogP contribution in [0.25, 0.3) is 0 Å². The van der Waals surface area contributed by atoms with Gasteiger partial charge in [-0.25, -0.2) is 0 Å². The van der Waals surface area contributed by atoms with Gasteiger partial charge in [0, 0.05) is 30.2 Å². The number of cyclic esters (lactones) is 1. The van der Waals surface area contributed by atoms with Crippen molar-refractivity contribution in [3.05, 3.63) is 23.8 Å². The number of hydrogen-bond acceptors (Lipinski definition) is 6. The van der Waals surface area contributed by atoms with Gasteiger partial charge < -0.3 is 15.2 Å². The van der Waals surface area contributed by atoms with E-state index >= 15 is 0 Å². The number of esters is 1. The van der Waals surface area contributed by atoms with E-state index in [0.29, 0.717) is 24.3 Å². The van der Waals surface area contributed by atoms with E-state index in [9.17, 15) is 24.8 Å². The molecule has 0 bridgehead atoms. The number of ketones is 1. The number of Topliss-reactive ketones (excluding diaryl/α,β-unsaturated/α-hetero) is 1. The number of amides is 1. The van der Waals surface area contributed by atoms with E-state index in [1.165, 1.54) is 0 Å². The van der Waals surface area contributed by atoms with Crippen LogP contribution in [0.5, 0.6) is 0 Å². The van der Waals surface area contributed by atoms with Gasteiger partial charge in [0.2, 0.25) is 5.91 Å². The predicted octanol–water partition coefficient (Wildman–Crippen LogP) is 5.28. The van der Waals surface area contributed by atoms with Gasteiger partial charge in [0.05, 0.1) is 17.7 Å². The van der Waals surface area contributed by atoms with E-state index in [1.54, 1.807) is 12.2 Å². The fourth-order valence-electron chi connectivity index (χ4n) is 6.26. The molecule has 0 aromatic rings. The molecule has 2 N–H and O–H groups in total. The molecule has 1 aliphatic carbocycles. The Kier molecular flexibility index (Phi) is 12.7. The van der Waals surface area contributed by atoms with Crippen LogP contribution in [-0.2, 0) is 19.1 Å². The van der Waals surface area contributed by atoms with Crippen LogP contribution in [0.1, 0.15) is 92.9 Å². The summed E-state index contributed by atoms with van der Waals surface area (Å²) in [5.74, 6) is -0.827. The molecule has 7 nitrogen and oxygen atoms in total. The van der Waals surface area contributed by atoms with Gasteiger partial charge in [0.15, 0.2) is 0 Å². The van der Waals surface area contributed by atoms with E-state index in [2.05, 4.69) is 25.2 Å². The Morgan fingerprint density at radius 1 is 1.11 bits per heavy atom. The molecule has 0 aromatic carbocycles. The van der Waals surface area contributed by atoms with E-state index in [0.717, 1.165) is 32.1 Å². The van der Waals surface area contributed by atoms with Crippen molar-refractivity contribution in [1.82, 2.24) is 5.32 Å². The van der Waals surface area contributed by atoms with Gasteiger partial charge in [-0.05, 0) is 69.8 Å². The molecule has 8 unspecified atom stereocenters. The average molecular weight is 529 g/mol. The molecular formula is C31H48N2O5. The molecule has 2 aliphatic rings. The molecule has 1 heterocycles. The number of carbonyl (C=O) groups excluding carboxylic acids is 3. The highest BCUT2D eigenvalue weighted by Crippen LogP contribution is 2.37. The average Bonchev–Trinajstić information content (AvgIpc) is 3.31. The van der Waals surface area contributed by atoms with Crippen molar-refractivity contribution in [1.29, 1.82) is 5.26 Å². The Labute approximate surface area is 229 Å². The second-order valence-electron chi connectivity index (χ2n) is 12.2. The summed E-state index contributed by atoms with van der Waals surface area (Å²) < 4.78 is 5.89. The highest BCUT2D eigenvalue weighted by Gasteiger charge is 2.40. The number of hydrogen-bond donors (Lipinski definition) is 2. The number of nitrogens with one attached hydrogen (secondary N) is 1. The Bertz CT molecular complexity index is 918. The number of nitrogens with zero attached hydrogens (tertiary/aromatic N) is 1. The van der Waals surface area contributed by atoms with E-state index < -0.39 is 18.2 Å². The smallest absolute Gasteiger partial charge is 0.313 e. The Hall–Kier alpha value is -2.46. The molecule has 8 atom stereocenters. The van der Waals surface area contributed by atoms with Crippen molar-refractivity contribution in [3.8, 4) is 6.07 Å². The van der Waals surface area contributed by atoms with Gasteiger partial charge >= 0.3 is 5.97 Å². The number of ether oxygens (including phenoxy) is 1. The summed E-state index contributed by atoms with van der Waals surface area (Å²) in [6.07, 6.45) is 8.56. The molecule has 1 amide bonds. The molecule has 212 valence electrons. The van der Waals surface area contributed by atoms with Crippen LogP contribution in [0.3, 0.4) is 0 Å². The van der Waals surface area contributed by atoms with Gasteiger partial charge in [-0.1, -0.05) is 46.3 Å². The lowest BCUT2D eigenvalue weighted by Crippen LogP contribution is -2.41. The lowest BCUT2D eigenvalue weighted by Gasteiger charge is -2.28. The SMILES string of the molecule is CC1CC(C)CC(C)C(O)/C(C#N)=C/C=C/CC(C2CCCC2C(=O)NC(C)C)OC(=O)CC(=O)C(C)C1. The third-order valence-electron chi connectivity index (χ3n) is 8.07. The number of aliphatic hydroxyl groups is 1. The minimum atomic E-state index is -0.866. The molecule has 7 heteroatoms. The van der Waals surface area contributed by atoms with Crippen molar-refractivity contribution in [3.63, 3.8) is 0 Å². The maximum Gasteiger partial charge on any atom is 0.313 e. The van der Waals surface area contributed by atoms with Crippen molar-refractivity contribution in [2.24, 2.45) is 35.5 Å². The second-order valence-corrected chi connectivity index (χ2v) is 12.2. The number of aliphatic hydroxyl groups excluding tert-OH is 1. The van der Waals surface area contributed by atoms with Crippen LogP contribution < -0.4 is 5.32 Å². The summed E-state index contributed by atoms with van der Waals surface area (Å²) in [6, 6.07) is 2.15. The zero-order valence-corrected chi connectivity index (χ0v) is 24.1. The maximum atomic E-state index is 12.9. The number of carbonyl (C=O) groups is 3. The number of rotatable bonds is 3. The zero-order chi connectivity index (χ0) is 28.4. The molecule has 0 spiro atoms. The number of allylic oxidation sites excluding steroid dienone is 2. The topological polar surface area (TPSA) is 116 Å². The highest BCUT2D eigenvalue weighted by molar-refractivity contribution is 5.96. The maximum absolute atomic E-state index is 12.9. The van der Waals surface area contributed by atoms with E-state index in [4.69, 9.17) is 4.74 Å². The first-order valence-corrected chi connectivity index (χ1v) is 14.4. The lowest BCUT2D eigenvalue weighted by atomic mass is 9.82. The van der Waals surface area contributed by atoms with Gasteiger partial charge in [0.25, 0.3) is 0 Å². The predicted molar refractivity (Wildman–Crippen MR) is 148 cm³/mol. The van der Waals surface area contributed by atoms with Crippen LogP contribution >= 0.6 is 0 Å². The largest absolute Gasteiger partial charge is 0.461 e. The van der Waals surface area contributed by atoms with E-state index in [-0.39, 0.29) is 53.7 Å². The first kappa shape index (κ1) is 31.8. The van der Waals surface area contributed by atoms with Crippen LogP contribution in [0.15, 0.2) is 23.8 Å². The second kappa shape index (κ2) is 15.2. The molecular weight excluding hydrogens is 480 g/mol. The minimum absolute atomic E-state index is 0.0179. The van der Waals surface area contributed by atoms with Gasteiger partial charge in [-0.15, -0.1) is 0 Å².